The number of fused-ring (bicyclic) bond motifs is 1. The molecule has 3 nitrogen and oxygen atoms in total. The van der Waals surface area contributed by atoms with Gasteiger partial charge in [0.1, 0.15) is 12.1 Å². The van der Waals surface area contributed by atoms with Crippen molar-refractivity contribution in [2.45, 2.75) is 34.6 Å². The summed E-state index contributed by atoms with van der Waals surface area (Å²) in [7, 11) is 0. The summed E-state index contributed by atoms with van der Waals surface area (Å²) in [6.07, 6.45) is 1.66. The van der Waals surface area contributed by atoms with Gasteiger partial charge in [-0.15, -0.1) is 11.3 Å². The Bertz CT molecular complexity index is 613. The summed E-state index contributed by atoms with van der Waals surface area (Å²) >= 11 is 1.72. The van der Waals surface area contributed by atoms with Crippen molar-refractivity contribution in [3.63, 3.8) is 0 Å². The molecule has 3 rings (SSSR count). The molecule has 0 aromatic carbocycles. The molecule has 4 heteroatoms. The fourth-order valence-electron chi connectivity index (χ4n) is 3.14. The number of nitrogens with one attached hydrogen (secondary N) is 1. The van der Waals surface area contributed by atoms with E-state index in [2.05, 4.69) is 55.3 Å². The molecule has 0 saturated heterocycles. The lowest BCUT2D eigenvalue weighted by atomic mass is 10.0. The Kier molecular flexibility index (Phi) is 2.65. The number of anilines is 1. The van der Waals surface area contributed by atoms with Crippen molar-refractivity contribution in [2.24, 2.45) is 16.7 Å². The molecule has 1 N–H and O–H groups in total. The Hall–Kier alpha value is -1.16. The van der Waals surface area contributed by atoms with E-state index in [1.54, 1.807) is 17.7 Å². The van der Waals surface area contributed by atoms with E-state index >= 15 is 0 Å². The molecule has 19 heavy (non-hydrogen) atoms. The highest BCUT2D eigenvalue weighted by molar-refractivity contribution is 7.18. The minimum Gasteiger partial charge on any atom is -0.368 e. The third-order valence-electron chi connectivity index (χ3n) is 5.32. The van der Waals surface area contributed by atoms with Crippen LogP contribution < -0.4 is 5.32 Å². The molecule has 0 bridgehead atoms. The van der Waals surface area contributed by atoms with Crippen LogP contribution in [-0.4, -0.2) is 16.5 Å². The monoisotopic (exact) mass is 275 g/mol. The van der Waals surface area contributed by atoms with E-state index in [1.165, 1.54) is 10.3 Å². The van der Waals surface area contributed by atoms with Gasteiger partial charge in [0.15, 0.2) is 0 Å². The average Bonchev–Trinajstić information content (AvgIpc) is 2.63. The van der Waals surface area contributed by atoms with E-state index in [1.807, 2.05) is 0 Å². The van der Waals surface area contributed by atoms with Gasteiger partial charge in [0.05, 0.1) is 10.2 Å². The third kappa shape index (κ3) is 1.76. The van der Waals surface area contributed by atoms with Crippen LogP contribution in [0.15, 0.2) is 11.7 Å². The quantitative estimate of drug-likeness (QED) is 0.916. The van der Waals surface area contributed by atoms with Gasteiger partial charge in [-0.1, -0.05) is 27.7 Å². The molecule has 2 aromatic heterocycles. The summed E-state index contributed by atoms with van der Waals surface area (Å²) in [5, 5.41) is 5.68. The lowest BCUT2D eigenvalue weighted by Crippen LogP contribution is -2.09. The van der Waals surface area contributed by atoms with Crippen molar-refractivity contribution < 1.29 is 0 Å². The fraction of sp³-hybridized carbons (Fsp3) is 0.600. The number of thiophene rings is 1. The summed E-state index contributed by atoms with van der Waals surface area (Å²) in [4.78, 5) is 8.76. The maximum atomic E-state index is 4.40. The molecule has 1 aliphatic carbocycles. The first-order chi connectivity index (χ1) is 8.85. The zero-order valence-electron chi connectivity index (χ0n) is 12.2. The summed E-state index contributed by atoms with van der Waals surface area (Å²) < 4.78 is 1.18. The van der Waals surface area contributed by atoms with Crippen LogP contribution in [0, 0.1) is 23.7 Å². The highest BCUT2D eigenvalue weighted by atomic mass is 32.1. The van der Waals surface area contributed by atoms with Crippen molar-refractivity contribution in [3.05, 3.63) is 17.3 Å². The van der Waals surface area contributed by atoms with Crippen molar-refractivity contribution in [3.8, 4) is 0 Å². The van der Waals surface area contributed by atoms with Crippen molar-refractivity contribution in [1.82, 2.24) is 9.97 Å². The molecule has 102 valence electrons. The molecule has 0 atom stereocenters. The highest BCUT2D eigenvalue weighted by Gasteiger charge is 2.64. The van der Waals surface area contributed by atoms with Crippen LogP contribution in [0.5, 0.6) is 0 Å². The topological polar surface area (TPSA) is 37.8 Å². The van der Waals surface area contributed by atoms with Crippen molar-refractivity contribution in [1.29, 1.82) is 0 Å². The van der Waals surface area contributed by atoms with Gasteiger partial charge in [0, 0.05) is 6.54 Å². The van der Waals surface area contributed by atoms with Gasteiger partial charge in [-0.05, 0) is 34.6 Å². The van der Waals surface area contributed by atoms with E-state index in [-0.39, 0.29) is 0 Å². The number of nitrogens with zero attached hydrogens (tertiary/aromatic N) is 2. The molecule has 1 fully saturated rings. The molecule has 0 radical (unpaired) electrons. The maximum absolute atomic E-state index is 4.40. The van der Waals surface area contributed by atoms with Gasteiger partial charge in [0.25, 0.3) is 0 Å². The molecule has 1 aliphatic rings. The Morgan fingerprint density at radius 3 is 2.53 bits per heavy atom. The summed E-state index contributed by atoms with van der Waals surface area (Å²) in [6.45, 7) is 12.5. The summed E-state index contributed by atoms with van der Waals surface area (Å²) in [5.41, 5.74) is 3.14. The van der Waals surface area contributed by atoms with Crippen LogP contribution >= 0.6 is 11.3 Å². The summed E-state index contributed by atoms with van der Waals surface area (Å²) in [5.74, 6) is 1.69. The third-order valence-corrected chi connectivity index (χ3v) is 6.42. The Labute approximate surface area is 118 Å². The largest absolute Gasteiger partial charge is 0.368 e. The van der Waals surface area contributed by atoms with Crippen molar-refractivity contribution in [2.75, 3.05) is 11.9 Å². The van der Waals surface area contributed by atoms with Gasteiger partial charge in [-0.25, -0.2) is 9.97 Å². The first-order valence-electron chi connectivity index (χ1n) is 6.78. The minimum atomic E-state index is 0.414. The van der Waals surface area contributed by atoms with Crippen LogP contribution in [0.4, 0.5) is 5.82 Å². The number of aryl methyl sites for hydroxylation is 1. The predicted octanol–water partition coefficient (Wildman–Crippen LogP) is 4.09. The predicted molar refractivity (Wildman–Crippen MR) is 81.7 cm³/mol. The Morgan fingerprint density at radius 1 is 1.21 bits per heavy atom. The zero-order valence-corrected chi connectivity index (χ0v) is 13.1. The number of hydrogen-bond donors (Lipinski definition) is 1. The molecular weight excluding hydrogens is 254 g/mol. The molecular formula is C15H21N3S. The van der Waals surface area contributed by atoms with Crippen molar-refractivity contribution >= 4 is 27.4 Å². The molecule has 0 aliphatic heterocycles. The van der Waals surface area contributed by atoms with Crippen LogP contribution in [0.2, 0.25) is 0 Å². The van der Waals surface area contributed by atoms with Crippen LogP contribution in [0.3, 0.4) is 0 Å². The van der Waals surface area contributed by atoms with Gasteiger partial charge in [-0.2, -0.15) is 0 Å². The van der Waals surface area contributed by atoms with Gasteiger partial charge in [-0.3, -0.25) is 0 Å². The maximum Gasteiger partial charge on any atom is 0.147 e. The second-order valence-electron chi connectivity index (χ2n) is 6.70. The molecule has 2 aromatic rings. The lowest BCUT2D eigenvalue weighted by Gasteiger charge is -2.07. The molecule has 0 spiro atoms. The molecule has 0 unspecified atom stereocenters. The van der Waals surface area contributed by atoms with Gasteiger partial charge >= 0.3 is 0 Å². The number of rotatable bonds is 3. The van der Waals surface area contributed by atoms with E-state index in [9.17, 15) is 0 Å². The van der Waals surface area contributed by atoms with Crippen LogP contribution in [0.1, 0.15) is 33.3 Å². The second-order valence-corrected chi connectivity index (χ2v) is 7.58. The standard InChI is InChI=1S/C15H21N3S/c1-9-7-19-12-11(9)17-8-18-13(12)16-6-10-14(2,3)15(10,4)5/h7-8,10H,6H2,1-5H3,(H,16,17,18). The van der Waals surface area contributed by atoms with E-state index < -0.39 is 0 Å². The highest BCUT2D eigenvalue weighted by Crippen LogP contribution is 2.68. The second kappa shape index (κ2) is 3.92. The van der Waals surface area contributed by atoms with Crippen LogP contribution in [0.25, 0.3) is 10.2 Å². The number of hydrogen-bond acceptors (Lipinski definition) is 4. The average molecular weight is 275 g/mol. The summed E-state index contributed by atoms with van der Waals surface area (Å²) in [6, 6.07) is 0. The molecule has 0 amide bonds. The first-order valence-corrected chi connectivity index (χ1v) is 7.66. The molecule has 2 heterocycles. The van der Waals surface area contributed by atoms with E-state index in [0.717, 1.165) is 17.9 Å². The normalized spacial score (nSPS) is 20.7. The molecule has 1 saturated carbocycles. The minimum absolute atomic E-state index is 0.414. The Morgan fingerprint density at radius 2 is 1.89 bits per heavy atom. The fourth-order valence-corrected chi connectivity index (χ4v) is 4.11. The number of aromatic nitrogens is 2. The Balaban J connectivity index is 1.80. The van der Waals surface area contributed by atoms with Gasteiger partial charge < -0.3 is 5.32 Å². The lowest BCUT2D eigenvalue weighted by molar-refractivity contribution is 0.457. The smallest absolute Gasteiger partial charge is 0.147 e. The van der Waals surface area contributed by atoms with E-state index in [4.69, 9.17) is 0 Å². The van der Waals surface area contributed by atoms with Crippen LogP contribution in [-0.2, 0) is 0 Å². The zero-order chi connectivity index (χ0) is 13.8. The SMILES string of the molecule is Cc1csc2c(NCC3C(C)(C)C3(C)C)ncnc12. The van der Waals surface area contributed by atoms with Gasteiger partial charge in [0.2, 0.25) is 0 Å². The first kappa shape index (κ1) is 12.9. The van der Waals surface area contributed by atoms with E-state index in [0.29, 0.717) is 16.7 Å².